The van der Waals surface area contributed by atoms with Crippen LogP contribution in [0, 0.1) is 5.92 Å². The van der Waals surface area contributed by atoms with Gasteiger partial charge in [0, 0.05) is 43.7 Å². The highest BCUT2D eigenvalue weighted by molar-refractivity contribution is 6.32. The zero-order valence-electron chi connectivity index (χ0n) is 13.8. The van der Waals surface area contributed by atoms with Crippen molar-refractivity contribution in [2.45, 2.75) is 25.0 Å². The van der Waals surface area contributed by atoms with E-state index in [1.807, 2.05) is 12.1 Å². The van der Waals surface area contributed by atoms with E-state index in [9.17, 15) is 5.11 Å². The molecule has 2 fully saturated rings. The zero-order chi connectivity index (χ0) is 16.4. The Bertz CT molecular complexity index is 569. The van der Waals surface area contributed by atoms with Gasteiger partial charge in [-0.15, -0.1) is 0 Å². The normalized spacial score (nSPS) is 28.3. The number of hydrogen-bond acceptors (Lipinski definition) is 5. The molecule has 0 aromatic heterocycles. The average Bonchev–Trinajstić information content (AvgIpc) is 2.55. The summed E-state index contributed by atoms with van der Waals surface area (Å²) in [6.45, 7) is 4.33. The number of fused-ring (bicyclic) bond motifs is 1. The number of halogens is 1. The van der Waals surface area contributed by atoms with Gasteiger partial charge in [-0.1, -0.05) is 11.6 Å². The summed E-state index contributed by atoms with van der Waals surface area (Å²) in [6, 6.07) is 3.75. The van der Waals surface area contributed by atoms with Gasteiger partial charge in [-0.05, 0) is 25.5 Å². The summed E-state index contributed by atoms with van der Waals surface area (Å²) in [6.07, 6.45) is 1.68. The molecule has 2 saturated heterocycles. The predicted molar refractivity (Wildman–Crippen MR) is 90.4 cm³/mol. The summed E-state index contributed by atoms with van der Waals surface area (Å²) in [4.78, 5) is 2.37. The molecule has 2 aliphatic heterocycles. The average molecular weight is 341 g/mol. The standard InChI is InChI=1S/C17H25ClN2O3/c1-22-15-8-16(23-2)14(18)7-12(15)10-20-6-4-17(21)3-5-19-9-13(17)11-20/h7-8,13,19,21H,3-6,9-11H2,1-2H3. The minimum Gasteiger partial charge on any atom is -0.496 e. The summed E-state index contributed by atoms with van der Waals surface area (Å²) >= 11 is 6.26. The molecular weight excluding hydrogens is 316 g/mol. The van der Waals surface area contributed by atoms with Crippen LogP contribution in [0.15, 0.2) is 12.1 Å². The fraction of sp³-hybridized carbons (Fsp3) is 0.647. The van der Waals surface area contributed by atoms with Gasteiger partial charge >= 0.3 is 0 Å². The molecule has 2 aliphatic rings. The number of ether oxygens (including phenoxy) is 2. The first-order chi connectivity index (χ1) is 11.1. The summed E-state index contributed by atoms with van der Waals surface area (Å²) in [5.74, 6) is 1.69. The summed E-state index contributed by atoms with van der Waals surface area (Å²) in [5.41, 5.74) is 0.552. The van der Waals surface area contributed by atoms with Crippen molar-refractivity contribution < 1.29 is 14.6 Å². The quantitative estimate of drug-likeness (QED) is 0.877. The fourth-order valence-corrected chi connectivity index (χ4v) is 3.99. The number of piperidine rings is 2. The minimum atomic E-state index is -0.497. The van der Waals surface area contributed by atoms with Crippen molar-refractivity contribution in [2.24, 2.45) is 5.92 Å². The summed E-state index contributed by atoms with van der Waals surface area (Å²) in [7, 11) is 3.26. The van der Waals surface area contributed by atoms with Crippen LogP contribution in [-0.4, -0.2) is 56.0 Å². The number of hydrogen-bond donors (Lipinski definition) is 2. The topological polar surface area (TPSA) is 54.0 Å². The smallest absolute Gasteiger partial charge is 0.141 e. The first-order valence-corrected chi connectivity index (χ1v) is 8.49. The van der Waals surface area contributed by atoms with Crippen LogP contribution in [0.1, 0.15) is 18.4 Å². The van der Waals surface area contributed by atoms with Crippen LogP contribution in [0.5, 0.6) is 11.5 Å². The van der Waals surface area contributed by atoms with E-state index in [4.69, 9.17) is 21.1 Å². The first kappa shape index (κ1) is 16.8. The lowest BCUT2D eigenvalue weighted by Gasteiger charge is -2.47. The Balaban J connectivity index is 1.74. The third kappa shape index (κ3) is 3.43. The molecule has 23 heavy (non-hydrogen) atoms. The molecule has 0 bridgehead atoms. The molecule has 0 amide bonds. The van der Waals surface area contributed by atoms with Crippen LogP contribution in [0.4, 0.5) is 0 Å². The Morgan fingerprint density at radius 3 is 2.83 bits per heavy atom. The Kier molecular flexibility index (Phi) is 5.01. The molecule has 0 spiro atoms. The Labute approximate surface area is 142 Å². The van der Waals surface area contributed by atoms with Crippen LogP contribution >= 0.6 is 11.6 Å². The lowest BCUT2D eigenvalue weighted by atomic mass is 9.76. The number of nitrogens with zero attached hydrogens (tertiary/aromatic N) is 1. The lowest BCUT2D eigenvalue weighted by molar-refractivity contribution is -0.0900. The van der Waals surface area contributed by atoms with Gasteiger partial charge in [-0.2, -0.15) is 0 Å². The Hall–Kier alpha value is -1.01. The molecule has 2 atom stereocenters. The van der Waals surface area contributed by atoms with E-state index in [1.54, 1.807) is 14.2 Å². The van der Waals surface area contributed by atoms with E-state index < -0.39 is 5.60 Å². The molecule has 6 heteroatoms. The molecule has 1 aromatic carbocycles. The molecule has 2 N–H and O–H groups in total. The molecule has 3 rings (SSSR count). The molecule has 2 heterocycles. The van der Waals surface area contributed by atoms with E-state index in [0.29, 0.717) is 10.8 Å². The first-order valence-electron chi connectivity index (χ1n) is 8.11. The number of benzene rings is 1. The predicted octanol–water partition coefficient (Wildman–Crippen LogP) is 1.90. The molecule has 128 valence electrons. The Morgan fingerprint density at radius 2 is 2.09 bits per heavy atom. The van der Waals surface area contributed by atoms with Gasteiger partial charge in [0.25, 0.3) is 0 Å². The van der Waals surface area contributed by atoms with Gasteiger partial charge in [-0.3, -0.25) is 4.90 Å². The molecule has 1 aromatic rings. The van der Waals surface area contributed by atoms with E-state index in [2.05, 4.69) is 10.2 Å². The second-order valence-corrected chi connectivity index (χ2v) is 6.95. The maximum Gasteiger partial charge on any atom is 0.141 e. The second-order valence-electron chi connectivity index (χ2n) is 6.54. The number of aliphatic hydroxyl groups is 1. The van der Waals surface area contributed by atoms with Gasteiger partial charge in [0.1, 0.15) is 11.5 Å². The third-order valence-corrected chi connectivity index (χ3v) is 5.47. The van der Waals surface area contributed by atoms with Crippen LogP contribution < -0.4 is 14.8 Å². The van der Waals surface area contributed by atoms with Crippen molar-refractivity contribution in [1.82, 2.24) is 10.2 Å². The van der Waals surface area contributed by atoms with Crippen molar-refractivity contribution in [3.05, 3.63) is 22.7 Å². The lowest BCUT2D eigenvalue weighted by Crippen LogP contribution is -2.58. The van der Waals surface area contributed by atoms with E-state index in [0.717, 1.165) is 56.9 Å². The number of likely N-dealkylation sites (tertiary alicyclic amines) is 1. The number of methoxy groups -OCH3 is 2. The van der Waals surface area contributed by atoms with Crippen molar-refractivity contribution in [3.63, 3.8) is 0 Å². The molecule has 0 saturated carbocycles. The molecule has 0 aliphatic carbocycles. The van der Waals surface area contributed by atoms with Crippen LogP contribution in [0.3, 0.4) is 0 Å². The maximum absolute atomic E-state index is 10.8. The van der Waals surface area contributed by atoms with Crippen molar-refractivity contribution in [2.75, 3.05) is 40.4 Å². The highest BCUT2D eigenvalue weighted by atomic mass is 35.5. The highest BCUT2D eigenvalue weighted by Gasteiger charge is 2.42. The highest BCUT2D eigenvalue weighted by Crippen LogP contribution is 2.36. The van der Waals surface area contributed by atoms with Gasteiger partial charge < -0.3 is 19.9 Å². The van der Waals surface area contributed by atoms with Crippen LogP contribution in [0.2, 0.25) is 5.02 Å². The zero-order valence-corrected chi connectivity index (χ0v) is 14.5. The van der Waals surface area contributed by atoms with E-state index in [1.165, 1.54) is 0 Å². The van der Waals surface area contributed by atoms with Gasteiger partial charge in [0.2, 0.25) is 0 Å². The van der Waals surface area contributed by atoms with Crippen molar-refractivity contribution in [1.29, 1.82) is 0 Å². The van der Waals surface area contributed by atoms with Gasteiger partial charge in [0.05, 0.1) is 24.8 Å². The SMILES string of the molecule is COc1cc(OC)c(CN2CCC3(O)CCNCC3C2)cc1Cl. The fourth-order valence-electron chi connectivity index (χ4n) is 3.72. The van der Waals surface area contributed by atoms with Crippen LogP contribution in [0.25, 0.3) is 0 Å². The molecule has 5 nitrogen and oxygen atoms in total. The van der Waals surface area contributed by atoms with Crippen LogP contribution in [-0.2, 0) is 6.54 Å². The molecule has 2 unspecified atom stereocenters. The molecule has 0 radical (unpaired) electrons. The largest absolute Gasteiger partial charge is 0.496 e. The van der Waals surface area contributed by atoms with E-state index in [-0.39, 0.29) is 5.92 Å². The number of rotatable bonds is 4. The number of nitrogens with one attached hydrogen (secondary N) is 1. The summed E-state index contributed by atoms with van der Waals surface area (Å²) in [5, 5.41) is 14.7. The van der Waals surface area contributed by atoms with Gasteiger partial charge in [-0.25, -0.2) is 0 Å². The van der Waals surface area contributed by atoms with E-state index >= 15 is 0 Å². The van der Waals surface area contributed by atoms with Gasteiger partial charge in [0.15, 0.2) is 0 Å². The third-order valence-electron chi connectivity index (χ3n) is 5.17. The maximum atomic E-state index is 10.8. The second kappa shape index (κ2) is 6.85. The van der Waals surface area contributed by atoms with Crippen molar-refractivity contribution >= 4 is 11.6 Å². The minimum absolute atomic E-state index is 0.282. The molecular formula is C17H25ClN2O3. The Morgan fingerprint density at radius 1 is 1.30 bits per heavy atom. The summed E-state index contributed by atoms with van der Waals surface area (Å²) < 4.78 is 10.7. The van der Waals surface area contributed by atoms with Crippen molar-refractivity contribution in [3.8, 4) is 11.5 Å². The monoisotopic (exact) mass is 340 g/mol.